The minimum Gasteiger partial charge on any atom is -0.302 e. The summed E-state index contributed by atoms with van der Waals surface area (Å²) < 4.78 is 42.0. The number of H-pyrrole nitrogens is 1. The Morgan fingerprint density at radius 3 is 2.34 bits per heavy atom. The van der Waals surface area contributed by atoms with Crippen LogP contribution in [-0.2, 0) is 20.3 Å². The van der Waals surface area contributed by atoms with E-state index in [0.29, 0.717) is 10.7 Å². The molecule has 9 nitrogen and oxygen atoms in total. The molecule has 0 aliphatic rings. The molecule has 0 atom stereocenters. The van der Waals surface area contributed by atoms with E-state index in [0.717, 1.165) is 30.1 Å². The fourth-order valence-electron chi connectivity index (χ4n) is 2.61. The lowest BCUT2D eigenvalue weighted by Gasteiger charge is -2.15. The number of aryl methyl sites for hydroxylation is 2. The molecule has 2 heterocycles. The van der Waals surface area contributed by atoms with E-state index in [-0.39, 0.29) is 9.59 Å². The zero-order valence-corrected chi connectivity index (χ0v) is 15.5. The fraction of sp³-hybridized carbons (Fsp3) is 0.188. The molecule has 0 fully saturated rings. The molecule has 0 aliphatic heterocycles. The Morgan fingerprint density at radius 1 is 1.07 bits per heavy atom. The third kappa shape index (κ3) is 3.42. The number of alkyl halides is 3. The molecule has 1 N–H and O–H groups in total. The molecule has 1 aromatic carbocycles. The van der Waals surface area contributed by atoms with Crippen LogP contribution >= 0.6 is 11.6 Å². The average molecular weight is 430 g/mol. The second kappa shape index (κ2) is 6.88. The first-order valence-corrected chi connectivity index (χ1v) is 8.18. The quantitative estimate of drug-likeness (QED) is 0.601. The standard InChI is InChI=1S/C16H11ClF3N5O4/c1-23-14(28)12(26)8(6-21-23)11-13(27)25(15(29)24(2)22-11)10-4-3-7(17)5-9(10)16(18,19)20/h3-6,21H,1-2H3. The van der Waals surface area contributed by atoms with Crippen molar-refractivity contribution in [2.75, 3.05) is 0 Å². The largest absolute Gasteiger partial charge is 0.418 e. The van der Waals surface area contributed by atoms with Gasteiger partial charge in [-0.3, -0.25) is 19.1 Å². The van der Waals surface area contributed by atoms with Crippen molar-refractivity contribution in [3.8, 4) is 16.9 Å². The van der Waals surface area contributed by atoms with Gasteiger partial charge in [-0.15, -0.1) is 0 Å². The Labute approximate surface area is 163 Å². The zero-order valence-electron chi connectivity index (χ0n) is 14.7. The molecule has 0 saturated heterocycles. The van der Waals surface area contributed by atoms with Gasteiger partial charge in [0, 0.05) is 25.3 Å². The highest BCUT2D eigenvalue weighted by molar-refractivity contribution is 6.30. The topological polar surface area (TPSA) is 112 Å². The van der Waals surface area contributed by atoms with Crippen LogP contribution in [0.4, 0.5) is 13.2 Å². The SMILES string of the molecule is Cn1nc(-c2c[nH]n(C)c(=O)c2=O)c(=O)n(-c2ccc(Cl)cc2C(F)(F)F)c1=O. The van der Waals surface area contributed by atoms with E-state index in [9.17, 15) is 32.3 Å². The minimum absolute atomic E-state index is 0.221. The van der Waals surface area contributed by atoms with Crippen molar-refractivity contribution >= 4 is 11.6 Å². The van der Waals surface area contributed by atoms with Gasteiger partial charge in [-0.1, -0.05) is 11.6 Å². The van der Waals surface area contributed by atoms with Gasteiger partial charge in [0.25, 0.3) is 11.0 Å². The Bertz CT molecular complexity index is 1370. The number of aromatic nitrogens is 5. The third-order valence-electron chi connectivity index (χ3n) is 4.03. The van der Waals surface area contributed by atoms with E-state index < -0.39 is 50.9 Å². The van der Waals surface area contributed by atoms with Crippen LogP contribution in [0.25, 0.3) is 16.9 Å². The van der Waals surface area contributed by atoms with Crippen LogP contribution in [0, 0.1) is 0 Å². The van der Waals surface area contributed by atoms with Crippen LogP contribution in [-0.4, -0.2) is 24.1 Å². The predicted molar refractivity (Wildman–Crippen MR) is 96.4 cm³/mol. The lowest BCUT2D eigenvalue weighted by atomic mass is 10.1. The lowest BCUT2D eigenvalue weighted by molar-refractivity contribution is -0.137. The lowest BCUT2D eigenvalue weighted by Crippen LogP contribution is -2.43. The highest BCUT2D eigenvalue weighted by atomic mass is 35.5. The van der Waals surface area contributed by atoms with Gasteiger partial charge in [0.1, 0.15) is 0 Å². The van der Waals surface area contributed by atoms with Crippen molar-refractivity contribution in [1.82, 2.24) is 24.1 Å². The van der Waals surface area contributed by atoms with Gasteiger partial charge >= 0.3 is 17.4 Å². The Morgan fingerprint density at radius 2 is 1.72 bits per heavy atom. The van der Waals surface area contributed by atoms with Crippen LogP contribution in [0.3, 0.4) is 0 Å². The summed E-state index contributed by atoms with van der Waals surface area (Å²) in [4.78, 5) is 49.4. The molecule has 0 spiro atoms. The molecular weight excluding hydrogens is 419 g/mol. The highest BCUT2D eigenvalue weighted by Gasteiger charge is 2.35. The first kappa shape index (κ1) is 20.3. The van der Waals surface area contributed by atoms with Gasteiger partial charge < -0.3 is 5.10 Å². The highest BCUT2D eigenvalue weighted by Crippen LogP contribution is 2.34. The number of nitrogens with one attached hydrogen (secondary N) is 1. The summed E-state index contributed by atoms with van der Waals surface area (Å²) in [6.45, 7) is 0. The number of hydrogen-bond donors (Lipinski definition) is 1. The van der Waals surface area contributed by atoms with Crippen molar-refractivity contribution < 1.29 is 13.2 Å². The van der Waals surface area contributed by atoms with Gasteiger partial charge in [-0.2, -0.15) is 18.3 Å². The van der Waals surface area contributed by atoms with Crippen molar-refractivity contribution in [2.45, 2.75) is 6.18 Å². The molecule has 152 valence electrons. The molecule has 0 bridgehead atoms. The number of benzene rings is 1. The fourth-order valence-corrected chi connectivity index (χ4v) is 2.79. The van der Waals surface area contributed by atoms with Crippen LogP contribution in [0.15, 0.2) is 43.6 Å². The monoisotopic (exact) mass is 429 g/mol. The van der Waals surface area contributed by atoms with Gasteiger partial charge in [0.2, 0.25) is 0 Å². The van der Waals surface area contributed by atoms with Crippen molar-refractivity contribution in [3.63, 3.8) is 0 Å². The van der Waals surface area contributed by atoms with Crippen molar-refractivity contribution in [1.29, 1.82) is 0 Å². The molecule has 3 aromatic rings. The second-order valence-electron chi connectivity index (χ2n) is 5.93. The summed E-state index contributed by atoms with van der Waals surface area (Å²) in [7, 11) is 2.34. The molecule has 29 heavy (non-hydrogen) atoms. The molecule has 0 aliphatic carbocycles. The maximum Gasteiger partial charge on any atom is 0.418 e. The molecular formula is C16H11ClF3N5O4. The summed E-state index contributed by atoms with van der Waals surface area (Å²) in [6.07, 6.45) is -3.94. The summed E-state index contributed by atoms with van der Waals surface area (Å²) in [6, 6.07) is 2.49. The van der Waals surface area contributed by atoms with Crippen molar-refractivity contribution in [3.05, 3.63) is 76.4 Å². The summed E-state index contributed by atoms with van der Waals surface area (Å²) >= 11 is 5.64. The zero-order chi connectivity index (χ0) is 21.7. The van der Waals surface area contributed by atoms with Crippen LogP contribution in [0.2, 0.25) is 5.02 Å². The summed E-state index contributed by atoms with van der Waals surface area (Å²) in [5.41, 5.74) is -7.93. The maximum atomic E-state index is 13.5. The Balaban J connectivity index is 2.46. The van der Waals surface area contributed by atoms with Gasteiger partial charge in [-0.05, 0) is 18.2 Å². The molecule has 0 radical (unpaired) electrons. The van der Waals surface area contributed by atoms with Gasteiger partial charge in [0.15, 0.2) is 5.69 Å². The van der Waals surface area contributed by atoms with Crippen LogP contribution < -0.4 is 22.2 Å². The van der Waals surface area contributed by atoms with Crippen LogP contribution in [0.1, 0.15) is 5.56 Å². The Hall–Kier alpha value is -3.41. The van der Waals surface area contributed by atoms with Gasteiger partial charge in [0.05, 0.1) is 16.8 Å². The van der Waals surface area contributed by atoms with Gasteiger partial charge in [-0.25, -0.2) is 14.0 Å². The third-order valence-corrected chi connectivity index (χ3v) is 4.26. The number of halogens is 4. The smallest absolute Gasteiger partial charge is 0.302 e. The van der Waals surface area contributed by atoms with E-state index in [1.807, 2.05) is 0 Å². The van der Waals surface area contributed by atoms with E-state index >= 15 is 0 Å². The molecule has 0 amide bonds. The molecule has 2 aromatic heterocycles. The first-order chi connectivity index (χ1) is 13.4. The molecule has 0 saturated carbocycles. The summed E-state index contributed by atoms with van der Waals surface area (Å²) in [5.74, 6) is 0. The summed E-state index contributed by atoms with van der Waals surface area (Å²) in [5, 5.41) is 5.81. The molecule has 13 heteroatoms. The first-order valence-electron chi connectivity index (χ1n) is 7.80. The number of rotatable bonds is 2. The Kier molecular flexibility index (Phi) is 4.82. The van der Waals surface area contributed by atoms with E-state index in [1.165, 1.54) is 7.05 Å². The molecule has 3 rings (SSSR count). The predicted octanol–water partition coefficient (Wildman–Crippen LogP) is 0.657. The average Bonchev–Trinajstić information content (AvgIpc) is 2.64. The van der Waals surface area contributed by atoms with E-state index in [2.05, 4.69) is 10.2 Å². The normalized spacial score (nSPS) is 11.7. The maximum absolute atomic E-state index is 13.5. The van der Waals surface area contributed by atoms with Crippen molar-refractivity contribution in [2.24, 2.45) is 14.1 Å². The second-order valence-corrected chi connectivity index (χ2v) is 6.37. The number of hydrogen-bond acceptors (Lipinski definition) is 5. The number of aromatic amines is 1. The minimum atomic E-state index is -4.94. The van der Waals surface area contributed by atoms with E-state index in [4.69, 9.17) is 11.6 Å². The number of nitrogens with zero attached hydrogens (tertiary/aromatic N) is 4. The van der Waals surface area contributed by atoms with Crippen LogP contribution in [0.5, 0.6) is 0 Å². The molecule has 0 unspecified atom stereocenters. The van der Waals surface area contributed by atoms with E-state index in [1.54, 1.807) is 0 Å².